The van der Waals surface area contributed by atoms with E-state index in [9.17, 15) is 0 Å². The standard InChI is InChI=1S/C16H33NO/c1-5-8-9-10-11-12-18-15-13-14(17-7-3)16(15,4)6-2/h14-15,17H,5-13H2,1-4H3. The quantitative estimate of drug-likeness (QED) is 0.592. The van der Waals surface area contributed by atoms with E-state index in [0.29, 0.717) is 17.6 Å². The molecule has 3 unspecified atom stereocenters. The Hall–Kier alpha value is -0.0800. The van der Waals surface area contributed by atoms with Crippen LogP contribution in [0.15, 0.2) is 0 Å². The third-order valence-corrected chi connectivity index (χ3v) is 4.76. The van der Waals surface area contributed by atoms with E-state index in [-0.39, 0.29) is 0 Å². The topological polar surface area (TPSA) is 21.3 Å². The van der Waals surface area contributed by atoms with Gasteiger partial charge in [0.15, 0.2) is 0 Å². The van der Waals surface area contributed by atoms with Gasteiger partial charge < -0.3 is 10.1 Å². The smallest absolute Gasteiger partial charge is 0.0658 e. The van der Waals surface area contributed by atoms with Gasteiger partial charge in [0.1, 0.15) is 0 Å². The molecule has 3 atom stereocenters. The average Bonchev–Trinajstić information content (AvgIpc) is 2.39. The molecule has 0 saturated heterocycles. The lowest BCUT2D eigenvalue weighted by atomic mass is 9.61. The van der Waals surface area contributed by atoms with E-state index in [2.05, 4.69) is 33.0 Å². The van der Waals surface area contributed by atoms with Crippen molar-refractivity contribution in [1.29, 1.82) is 0 Å². The fraction of sp³-hybridized carbons (Fsp3) is 1.00. The minimum absolute atomic E-state index is 0.361. The van der Waals surface area contributed by atoms with Crippen molar-refractivity contribution in [2.24, 2.45) is 5.41 Å². The van der Waals surface area contributed by atoms with E-state index in [1.807, 2.05) is 0 Å². The number of rotatable bonds is 10. The first-order chi connectivity index (χ1) is 8.69. The number of hydrogen-bond donors (Lipinski definition) is 1. The molecule has 1 rings (SSSR count). The van der Waals surface area contributed by atoms with E-state index < -0.39 is 0 Å². The first kappa shape index (κ1) is 16.0. The predicted molar refractivity (Wildman–Crippen MR) is 79.0 cm³/mol. The van der Waals surface area contributed by atoms with Crippen molar-refractivity contribution in [3.05, 3.63) is 0 Å². The molecule has 1 aliphatic carbocycles. The lowest BCUT2D eigenvalue weighted by Crippen LogP contribution is -2.62. The minimum atomic E-state index is 0.361. The summed E-state index contributed by atoms with van der Waals surface area (Å²) in [5.74, 6) is 0. The van der Waals surface area contributed by atoms with Crippen LogP contribution in [0.2, 0.25) is 0 Å². The molecule has 108 valence electrons. The first-order valence-electron chi connectivity index (χ1n) is 8.04. The van der Waals surface area contributed by atoms with Gasteiger partial charge in [-0.1, -0.05) is 53.4 Å². The van der Waals surface area contributed by atoms with E-state index in [1.165, 1.54) is 44.9 Å². The molecule has 0 amide bonds. The minimum Gasteiger partial charge on any atom is -0.378 e. The van der Waals surface area contributed by atoms with Crippen LogP contribution < -0.4 is 5.32 Å². The van der Waals surface area contributed by atoms with Crippen LogP contribution in [0, 0.1) is 5.41 Å². The fourth-order valence-electron chi connectivity index (χ4n) is 3.04. The number of hydrogen-bond acceptors (Lipinski definition) is 2. The Labute approximate surface area is 114 Å². The lowest BCUT2D eigenvalue weighted by molar-refractivity contribution is -0.129. The molecule has 0 spiro atoms. The van der Waals surface area contributed by atoms with Gasteiger partial charge in [0.2, 0.25) is 0 Å². The zero-order valence-corrected chi connectivity index (χ0v) is 12.9. The Bertz CT molecular complexity index is 219. The van der Waals surface area contributed by atoms with Crippen molar-refractivity contribution in [1.82, 2.24) is 5.32 Å². The zero-order valence-electron chi connectivity index (χ0n) is 12.9. The van der Waals surface area contributed by atoms with Crippen LogP contribution in [0.4, 0.5) is 0 Å². The van der Waals surface area contributed by atoms with Gasteiger partial charge in [-0.05, 0) is 25.8 Å². The average molecular weight is 255 g/mol. The van der Waals surface area contributed by atoms with E-state index in [4.69, 9.17) is 4.74 Å². The Morgan fingerprint density at radius 2 is 1.83 bits per heavy atom. The first-order valence-corrected chi connectivity index (χ1v) is 8.04. The summed E-state index contributed by atoms with van der Waals surface area (Å²) in [6.07, 6.45) is 9.54. The van der Waals surface area contributed by atoms with Crippen LogP contribution in [0.5, 0.6) is 0 Å². The SMILES string of the molecule is CCCCCCCOC1CC(NCC)C1(C)CC. The highest BCUT2D eigenvalue weighted by Gasteiger charge is 2.50. The summed E-state index contributed by atoms with van der Waals surface area (Å²) in [5.41, 5.74) is 0.361. The molecule has 1 N–H and O–H groups in total. The van der Waals surface area contributed by atoms with E-state index in [0.717, 1.165) is 13.2 Å². The van der Waals surface area contributed by atoms with Gasteiger partial charge >= 0.3 is 0 Å². The predicted octanol–water partition coefficient (Wildman–Crippen LogP) is 4.14. The summed E-state index contributed by atoms with van der Waals surface area (Å²) in [4.78, 5) is 0. The molecule has 2 nitrogen and oxygen atoms in total. The van der Waals surface area contributed by atoms with Crippen LogP contribution in [-0.2, 0) is 4.74 Å². The van der Waals surface area contributed by atoms with Crippen molar-refractivity contribution >= 4 is 0 Å². The summed E-state index contributed by atoms with van der Waals surface area (Å²) in [6, 6.07) is 0.664. The van der Waals surface area contributed by atoms with E-state index >= 15 is 0 Å². The second kappa shape index (κ2) is 8.16. The van der Waals surface area contributed by atoms with Gasteiger partial charge in [-0.15, -0.1) is 0 Å². The molecule has 0 bridgehead atoms. The maximum atomic E-state index is 6.10. The Morgan fingerprint density at radius 1 is 1.11 bits per heavy atom. The molecule has 0 aromatic rings. The molecule has 1 saturated carbocycles. The molecule has 2 heteroatoms. The van der Waals surface area contributed by atoms with Crippen molar-refractivity contribution in [3.8, 4) is 0 Å². The summed E-state index contributed by atoms with van der Waals surface area (Å²) in [7, 11) is 0. The molecule has 0 heterocycles. The van der Waals surface area contributed by atoms with Crippen LogP contribution in [-0.4, -0.2) is 25.3 Å². The van der Waals surface area contributed by atoms with E-state index in [1.54, 1.807) is 0 Å². The molecule has 1 fully saturated rings. The van der Waals surface area contributed by atoms with Crippen LogP contribution in [0.3, 0.4) is 0 Å². The van der Waals surface area contributed by atoms with Crippen molar-refractivity contribution in [2.45, 2.75) is 84.8 Å². The lowest BCUT2D eigenvalue weighted by Gasteiger charge is -2.53. The Kier molecular flexibility index (Phi) is 7.25. The zero-order chi connectivity index (χ0) is 13.4. The summed E-state index contributed by atoms with van der Waals surface area (Å²) < 4.78 is 6.10. The molecule has 0 aliphatic heterocycles. The molecule has 0 aromatic carbocycles. The van der Waals surface area contributed by atoms with Gasteiger partial charge in [0, 0.05) is 18.1 Å². The normalized spacial score (nSPS) is 31.3. The highest BCUT2D eigenvalue weighted by Crippen LogP contribution is 2.45. The maximum absolute atomic E-state index is 6.10. The summed E-state index contributed by atoms with van der Waals surface area (Å²) >= 11 is 0. The van der Waals surface area contributed by atoms with Gasteiger partial charge in [-0.3, -0.25) is 0 Å². The van der Waals surface area contributed by atoms with Crippen molar-refractivity contribution in [3.63, 3.8) is 0 Å². The fourth-order valence-corrected chi connectivity index (χ4v) is 3.04. The summed E-state index contributed by atoms with van der Waals surface area (Å²) in [5, 5.41) is 3.59. The summed E-state index contributed by atoms with van der Waals surface area (Å²) in [6.45, 7) is 11.2. The highest BCUT2D eigenvalue weighted by molar-refractivity contribution is 5.04. The molecule has 0 radical (unpaired) electrons. The maximum Gasteiger partial charge on any atom is 0.0658 e. The van der Waals surface area contributed by atoms with Crippen LogP contribution >= 0.6 is 0 Å². The van der Waals surface area contributed by atoms with Crippen molar-refractivity contribution < 1.29 is 4.74 Å². The molecular weight excluding hydrogens is 222 g/mol. The van der Waals surface area contributed by atoms with Gasteiger partial charge in [0.25, 0.3) is 0 Å². The Morgan fingerprint density at radius 3 is 2.44 bits per heavy atom. The largest absolute Gasteiger partial charge is 0.378 e. The van der Waals surface area contributed by atoms with Gasteiger partial charge in [-0.25, -0.2) is 0 Å². The second-order valence-corrected chi connectivity index (χ2v) is 5.98. The number of ether oxygens (including phenoxy) is 1. The third-order valence-electron chi connectivity index (χ3n) is 4.76. The molecule has 18 heavy (non-hydrogen) atoms. The van der Waals surface area contributed by atoms with Crippen LogP contribution in [0.25, 0.3) is 0 Å². The van der Waals surface area contributed by atoms with Crippen molar-refractivity contribution in [2.75, 3.05) is 13.2 Å². The van der Waals surface area contributed by atoms with Gasteiger partial charge in [0.05, 0.1) is 6.10 Å². The second-order valence-electron chi connectivity index (χ2n) is 5.98. The number of unbranched alkanes of at least 4 members (excludes halogenated alkanes) is 4. The molecular formula is C16H33NO. The van der Waals surface area contributed by atoms with Gasteiger partial charge in [-0.2, -0.15) is 0 Å². The number of nitrogens with one attached hydrogen (secondary N) is 1. The van der Waals surface area contributed by atoms with Crippen LogP contribution in [0.1, 0.15) is 72.6 Å². The highest BCUT2D eigenvalue weighted by atomic mass is 16.5. The third kappa shape index (κ3) is 3.96. The molecule has 1 aliphatic rings. The monoisotopic (exact) mass is 255 g/mol. The Balaban J connectivity index is 2.15. The molecule has 0 aromatic heterocycles.